The molecule has 17 heavy (non-hydrogen) atoms. The maximum Gasteiger partial charge on any atom is 0.223 e. The Hall–Kier alpha value is -1.10. The molecular weight excluding hydrogens is 216 g/mol. The van der Waals surface area contributed by atoms with Crippen LogP contribution < -0.4 is 17.2 Å². The lowest BCUT2D eigenvalue weighted by Crippen LogP contribution is -2.37. The fourth-order valence-corrected chi connectivity index (χ4v) is 1.98. The van der Waals surface area contributed by atoms with Gasteiger partial charge in [0.05, 0.1) is 11.3 Å². The standard InChI is InChI=1S/C12H25N4O/c1-2-12(11(16)17,7-3-4-9-13)8-5-6-10(14)15/h2H,3-9,13H2,1H3,(H3,14,15)(H2,16,17). The van der Waals surface area contributed by atoms with Crippen LogP contribution in [0.3, 0.4) is 0 Å². The zero-order valence-electron chi connectivity index (χ0n) is 10.7. The molecule has 0 aliphatic heterocycles. The van der Waals surface area contributed by atoms with Gasteiger partial charge in [0.1, 0.15) is 0 Å². The van der Waals surface area contributed by atoms with Crippen molar-refractivity contribution in [2.45, 2.75) is 45.4 Å². The van der Waals surface area contributed by atoms with Crippen molar-refractivity contribution in [3.63, 3.8) is 0 Å². The quantitative estimate of drug-likeness (QED) is 0.258. The fraction of sp³-hybridized carbons (Fsp3) is 0.750. The number of unbranched alkanes of at least 4 members (excludes halogenated alkanes) is 1. The summed E-state index contributed by atoms with van der Waals surface area (Å²) in [4.78, 5) is 11.6. The Morgan fingerprint density at radius 2 is 1.82 bits per heavy atom. The number of nitrogens with one attached hydrogen (secondary N) is 1. The van der Waals surface area contributed by atoms with E-state index in [2.05, 4.69) is 0 Å². The monoisotopic (exact) mass is 241 g/mol. The normalized spacial score (nSPS) is 14.2. The van der Waals surface area contributed by atoms with E-state index in [0.717, 1.165) is 19.3 Å². The van der Waals surface area contributed by atoms with Crippen molar-refractivity contribution in [2.24, 2.45) is 22.6 Å². The summed E-state index contributed by atoms with van der Waals surface area (Å²) < 4.78 is 0. The topological polar surface area (TPSA) is 119 Å². The van der Waals surface area contributed by atoms with Crippen molar-refractivity contribution in [1.29, 1.82) is 5.41 Å². The molecular formula is C12H25N4O. The molecule has 5 heteroatoms. The van der Waals surface area contributed by atoms with Gasteiger partial charge in [-0.2, -0.15) is 0 Å². The molecule has 0 rings (SSSR count). The van der Waals surface area contributed by atoms with E-state index in [1.54, 1.807) is 0 Å². The number of nitrogens with two attached hydrogens (primary N) is 3. The third-order valence-corrected chi connectivity index (χ3v) is 3.19. The van der Waals surface area contributed by atoms with E-state index in [9.17, 15) is 4.79 Å². The molecule has 0 saturated carbocycles. The molecule has 7 N–H and O–H groups in total. The molecule has 0 spiro atoms. The minimum Gasteiger partial charge on any atom is -0.388 e. The van der Waals surface area contributed by atoms with Crippen molar-refractivity contribution in [3.05, 3.63) is 6.42 Å². The first-order valence-electron chi connectivity index (χ1n) is 6.12. The van der Waals surface area contributed by atoms with E-state index in [1.807, 2.05) is 13.3 Å². The summed E-state index contributed by atoms with van der Waals surface area (Å²) >= 11 is 0. The molecule has 1 unspecified atom stereocenters. The van der Waals surface area contributed by atoms with E-state index in [-0.39, 0.29) is 11.7 Å². The van der Waals surface area contributed by atoms with Crippen LogP contribution in [-0.4, -0.2) is 18.3 Å². The zero-order valence-corrected chi connectivity index (χ0v) is 10.7. The van der Waals surface area contributed by atoms with Crippen molar-refractivity contribution < 1.29 is 4.79 Å². The van der Waals surface area contributed by atoms with Crippen LogP contribution in [-0.2, 0) is 4.79 Å². The van der Waals surface area contributed by atoms with E-state index >= 15 is 0 Å². The minimum atomic E-state index is -0.565. The summed E-state index contributed by atoms with van der Waals surface area (Å²) in [7, 11) is 0. The molecule has 0 aliphatic carbocycles. The molecule has 0 aromatic rings. The predicted octanol–water partition coefficient (Wildman–Crippen LogP) is 0.918. The van der Waals surface area contributed by atoms with Crippen LogP contribution in [0, 0.1) is 17.2 Å². The number of hydrogen-bond acceptors (Lipinski definition) is 3. The highest BCUT2D eigenvalue weighted by atomic mass is 16.1. The zero-order chi connectivity index (χ0) is 13.3. The SMILES string of the molecule is C[CH]C(CCCCN)(CCCC(=N)N)C(N)=O. The minimum absolute atomic E-state index is 0.154. The van der Waals surface area contributed by atoms with E-state index in [0.29, 0.717) is 25.8 Å². The first-order valence-corrected chi connectivity index (χ1v) is 6.12. The Kier molecular flexibility index (Phi) is 7.54. The second-order valence-corrected chi connectivity index (χ2v) is 4.43. The second kappa shape index (κ2) is 8.06. The lowest BCUT2D eigenvalue weighted by Gasteiger charge is -2.29. The number of hydrogen-bond donors (Lipinski definition) is 4. The molecule has 1 atom stereocenters. The van der Waals surface area contributed by atoms with Gasteiger partial charge in [0.25, 0.3) is 0 Å². The van der Waals surface area contributed by atoms with Gasteiger partial charge in [0, 0.05) is 6.42 Å². The van der Waals surface area contributed by atoms with Crippen molar-refractivity contribution in [2.75, 3.05) is 6.54 Å². The van der Waals surface area contributed by atoms with Gasteiger partial charge in [0.15, 0.2) is 0 Å². The Labute approximate surface area is 104 Å². The van der Waals surface area contributed by atoms with Gasteiger partial charge in [-0.25, -0.2) is 0 Å². The van der Waals surface area contributed by atoms with Gasteiger partial charge >= 0.3 is 0 Å². The smallest absolute Gasteiger partial charge is 0.223 e. The summed E-state index contributed by atoms with van der Waals surface area (Å²) in [6, 6.07) is 0. The summed E-state index contributed by atoms with van der Waals surface area (Å²) in [5.41, 5.74) is 15.7. The average Bonchev–Trinajstić information content (AvgIpc) is 2.26. The van der Waals surface area contributed by atoms with Crippen LogP contribution >= 0.6 is 0 Å². The highest BCUT2D eigenvalue weighted by Crippen LogP contribution is 2.33. The Morgan fingerprint density at radius 1 is 1.24 bits per heavy atom. The van der Waals surface area contributed by atoms with Crippen molar-refractivity contribution >= 4 is 11.7 Å². The molecule has 0 heterocycles. The molecule has 0 aromatic heterocycles. The number of primary amides is 1. The van der Waals surface area contributed by atoms with Crippen molar-refractivity contribution in [3.8, 4) is 0 Å². The van der Waals surface area contributed by atoms with Crippen LogP contribution in [0.4, 0.5) is 0 Å². The molecule has 0 aliphatic rings. The Morgan fingerprint density at radius 3 is 2.24 bits per heavy atom. The molecule has 0 bridgehead atoms. The number of carbonyl (C=O) groups is 1. The highest BCUT2D eigenvalue weighted by Gasteiger charge is 2.33. The highest BCUT2D eigenvalue weighted by molar-refractivity contribution is 5.82. The third-order valence-electron chi connectivity index (χ3n) is 3.19. The lowest BCUT2D eigenvalue weighted by molar-refractivity contribution is -0.126. The number of rotatable bonds is 10. The first-order chi connectivity index (χ1) is 7.98. The maximum absolute atomic E-state index is 11.6. The maximum atomic E-state index is 11.6. The Bertz CT molecular complexity index is 255. The molecule has 0 saturated heterocycles. The van der Waals surface area contributed by atoms with Crippen LogP contribution in [0.25, 0.3) is 0 Å². The summed E-state index contributed by atoms with van der Waals surface area (Å²) in [6.07, 6.45) is 6.29. The average molecular weight is 241 g/mol. The van der Waals surface area contributed by atoms with Crippen LogP contribution in [0.1, 0.15) is 45.4 Å². The van der Waals surface area contributed by atoms with E-state index < -0.39 is 5.41 Å². The molecule has 99 valence electrons. The molecule has 0 fully saturated rings. The van der Waals surface area contributed by atoms with Crippen LogP contribution in [0.15, 0.2) is 0 Å². The lowest BCUT2D eigenvalue weighted by atomic mass is 9.75. The van der Waals surface area contributed by atoms with Gasteiger partial charge in [-0.3, -0.25) is 10.2 Å². The molecule has 0 aromatic carbocycles. The first kappa shape index (κ1) is 15.9. The largest absolute Gasteiger partial charge is 0.388 e. The molecule has 1 radical (unpaired) electrons. The van der Waals surface area contributed by atoms with Gasteiger partial charge in [-0.05, 0) is 38.6 Å². The van der Waals surface area contributed by atoms with Gasteiger partial charge in [-0.1, -0.05) is 13.3 Å². The summed E-state index contributed by atoms with van der Waals surface area (Å²) in [5, 5.41) is 7.17. The fourth-order valence-electron chi connectivity index (χ4n) is 1.98. The van der Waals surface area contributed by atoms with Gasteiger partial charge in [-0.15, -0.1) is 0 Å². The van der Waals surface area contributed by atoms with Crippen LogP contribution in [0.5, 0.6) is 0 Å². The Balaban J connectivity index is 4.37. The van der Waals surface area contributed by atoms with Gasteiger partial charge in [0.2, 0.25) is 5.91 Å². The van der Waals surface area contributed by atoms with E-state index in [1.165, 1.54) is 0 Å². The van der Waals surface area contributed by atoms with E-state index in [4.69, 9.17) is 22.6 Å². The van der Waals surface area contributed by atoms with Crippen LogP contribution in [0.2, 0.25) is 0 Å². The molecule has 1 amide bonds. The van der Waals surface area contributed by atoms with Crippen molar-refractivity contribution in [1.82, 2.24) is 0 Å². The number of carbonyl (C=O) groups excluding carboxylic acids is 1. The third kappa shape index (κ3) is 5.68. The van der Waals surface area contributed by atoms with Gasteiger partial charge < -0.3 is 17.2 Å². The number of amidine groups is 1. The number of amides is 1. The summed E-state index contributed by atoms with van der Waals surface area (Å²) in [5.74, 6) is -0.137. The summed E-state index contributed by atoms with van der Waals surface area (Å²) in [6.45, 7) is 2.49. The second-order valence-electron chi connectivity index (χ2n) is 4.43. The predicted molar refractivity (Wildman–Crippen MR) is 70.3 cm³/mol. The molecule has 5 nitrogen and oxygen atoms in total.